The zero-order chi connectivity index (χ0) is 38.6. The molecule has 0 unspecified atom stereocenters. The average Bonchev–Trinajstić information content (AvgIpc) is 3.82. The lowest BCUT2D eigenvalue weighted by atomic mass is 10.0. The Hall–Kier alpha value is -5.28. The van der Waals surface area contributed by atoms with E-state index in [9.17, 15) is 33.9 Å². The fourth-order valence-corrected chi connectivity index (χ4v) is 7.06. The Morgan fingerprint density at radius 2 is 1.44 bits per heavy atom. The van der Waals surface area contributed by atoms with Gasteiger partial charge in [0.2, 0.25) is 35.4 Å². The molecular formula is C39H52N8O7. The lowest BCUT2D eigenvalue weighted by Crippen LogP contribution is -2.60. The highest BCUT2D eigenvalue weighted by atomic mass is 16.3. The van der Waals surface area contributed by atoms with Crippen molar-refractivity contribution in [2.45, 2.75) is 101 Å². The molecule has 0 aliphatic carbocycles. The van der Waals surface area contributed by atoms with Gasteiger partial charge in [0.1, 0.15) is 30.2 Å². The summed E-state index contributed by atoms with van der Waals surface area (Å²) in [4.78, 5) is 87.4. The van der Waals surface area contributed by atoms with Crippen LogP contribution in [0.3, 0.4) is 0 Å². The summed E-state index contributed by atoms with van der Waals surface area (Å²) < 4.78 is 0. The second kappa shape index (κ2) is 19.2. The van der Waals surface area contributed by atoms with Crippen LogP contribution in [0, 0.1) is 0 Å². The number of H-pyrrole nitrogens is 1. The van der Waals surface area contributed by atoms with Gasteiger partial charge in [-0.1, -0.05) is 48.5 Å². The molecule has 0 radical (unpaired) electrons. The van der Waals surface area contributed by atoms with Gasteiger partial charge in [0.25, 0.3) is 0 Å². The van der Waals surface area contributed by atoms with Crippen LogP contribution in [0.1, 0.15) is 63.0 Å². The van der Waals surface area contributed by atoms with Gasteiger partial charge in [-0.25, -0.2) is 0 Å². The van der Waals surface area contributed by atoms with E-state index < -0.39 is 65.8 Å². The smallest absolute Gasteiger partial charge is 0.245 e. The highest BCUT2D eigenvalue weighted by Crippen LogP contribution is 2.21. The highest BCUT2D eigenvalue weighted by molar-refractivity contribution is 5.97. The Bertz CT molecular complexity index is 1780. The number of aliphatic hydroxyl groups is 1. The number of aromatic amines is 1. The number of hydrogen-bond acceptors (Lipinski definition) is 8. The molecule has 0 bridgehead atoms. The number of carbonyl (C=O) groups is 6. The number of rotatable bonds is 9. The predicted octanol–water partition coefficient (Wildman–Crippen LogP) is 0.303. The van der Waals surface area contributed by atoms with Gasteiger partial charge in [0.05, 0.1) is 6.10 Å². The number of hydrogen-bond donors (Lipinski definition) is 8. The maximum absolute atomic E-state index is 14.3. The molecule has 0 saturated carbocycles. The molecule has 6 atom stereocenters. The number of para-hydroxylation sites is 1. The van der Waals surface area contributed by atoms with Crippen LogP contribution in [-0.4, -0.2) is 106 Å². The van der Waals surface area contributed by atoms with E-state index in [1.807, 2.05) is 54.6 Å². The summed E-state index contributed by atoms with van der Waals surface area (Å²) >= 11 is 0. The standard InChI is InChI=1S/C39H52N8O7/c1-24(48)34-39(54)41-19-9-17-33(49)47-20-10-16-32(47)38(53)45-30(21-25-11-3-2-4-12-25)36(51)44-31(22-26-23-42-28-14-6-5-13-27(26)28)37(52)43-29(35(50)46-34)15-7-8-18-40/h2-6,11-14,23-24,29-32,34,42,48H,7-10,15-22,40H2,1H3,(H,41,54)(H,43,52)(H,44,51)(H,45,53)(H,46,50)/t24-,29+,30+,31-,32+,34+/m1/s1. The molecule has 0 spiro atoms. The molecule has 2 aliphatic rings. The molecule has 54 heavy (non-hydrogen) atoms. The summed E-state index contributed by atoms with van der Waals surface area (Å²) in [6.07, 6.45) is 3.15. The number of carbonyl (C=O) groups excluding carboxylic acids is 6. The summed E-state index contributed by atoms with van der Waals surface area (Å²) in [5.41, 5.74) is 8.07. The van der Waals surface area contributed by atoms with Gasteiger partial charge in [-0.15, -0.1) is 0 Å². The van der Waals surface area contributed by atoms with Crippen LogP contribution in [0.15, 0.2) is 60.8 Å². The molecule has 2 saturated heterocycles. The Balaban J connectivity index is 1.51. The van der Waals surface area contributed by atoms with Crippen molar-refractivity contribution < 1.29 is 33.9 Å². The molecule has 6 amide bonds. The summed E-state index contributed by atoms with van der Waals surface area (Å²) in [5, 5.41) is 25.2. The molecule has 3 heterocycles. The van der Waals surface area contributed by atoms with Gasteiger partial charge in [0, 0.05) is 49.5 Å². The zero-order valence-corrected chi connectivity index (χ0v) is 30.6. The summed E-state index contributed by atoms with van der Waals surface area (Å²) in [6.45, 7) is 2.18. The largest absolute Gasteiger partial charge is 0.391 e. The number of unbranched alkanes of at least 4 members (excludes halogenated alkanes) is 1. The van der Waals surface area contributed by atoms with Crippen molar-refractivity contribution >= 4 is 46.3 Å². The second-order valence-corrected chi connectivity index (χ2v) is 14.1. The summed E-state index contributed by atoms with van der Waals surface area (Å²) in [5.74, 6) is -3.37. The van der Waals surface area contributed by atoms with Crippen LogP contribution in [0.25, 0.3) is 10.9 Å². The first-order valence-corrected chi connectivity index (χ1v) is 18.8. The Kier molecular flexibility index (Phi) is 14.2. The normalized spacial score (nSPS) is 24.5. The fourth-order valence-electron chi connectivity index (χ4n) is 7.06. The van der Waals surface area contributed by atoms with E-state index in [0.29, 0.717) is 38.8 Å². The van der Waals surface area contributed by atoms with Crippen LogP contribution in [-0.2, 0) is 41.6 Å². The van der Waals surface area contributed by atoms with Crippen LogP contribution < -0.4 is 32.3 Å². The first-order valence-electron chi connectivity index (χ1n) is 18.8. The van der Waals surface area contributed by atoms with E-state index >= 15 is 0 Å². The van der Waals surface area contributed by atoms with Crippen LogP contribution in [0.4, 0.5) is 0 Å². The van der Waals surface area contributed by atoms with E-state index in [2.05, 4.69) is 31.6 Å². The Morgan fingerprint density at radius 3 is 2.19 bits per heavy atom. The summed E-state index contributed by atoms with van der Waals surface area (Å²) in [6, 6.07) is 11.1. The van der Waals surface area contributed by atoms with E-state index in [4.69, 9.17) is 5.73 Å². The lowest BCUT2D eigenvalue weighted by molar-refractivity contribution is -0.140. The SMILES string of the molecule is C[C@@H](O)[C@@H]1NC(=O)[C@H](CCCCN)NC(=O)[C@@H](Cc2c[nH]c3ccccc23)NC(=O)[C@H](Cc2ccccc2)NC(=O)[C@@H]2CCCN2C(=O)CCCNC1=O. The number of fused-ring (bicyclic) bond motifs is 2. The third-order valence-corrected chi connectivity index (χ3v) is 10.0. The lowest BCUT2D eigenvalue weighted by Gasteiger charge is -2.29. The molecule has 15 nitrogen and oxygen atoms in total. The molecule has 3 aromatic rings. The van der Waals surface area contributed by atoms with Gasteiger partial charge in [0.15, 0.2) is 0 Å². The van der Waals surface area contributed by atoms with E-state index in [1.165, 1.54) is 11.8 Å². The van der Waals surface area contributed by atoms with E-state index in [0.717, 1.165) is 22.0 Å². The number of nitrogens with one attached hydrogen (secondary N) is 6. The van der Waals surface area contributed by atoms with Crippen molar-refractivity contribution in [2.24, 2.45) is 5.73 Å². The topological polar surface area (TPSA) is 228 Å². The fraction of sp³-hybridized carbons (Fsp3) is 0.487. The number of nitrogens with two attached hydrogens (primary N) is 1. The molecule has 2 aromatic carbocycles. The quantitative estimate of drug-likeness (QED) is 0.142. The summed E-state index contributed by atoms with van der Waals surface area (Å²) in [7, 11) is 0. The average molecular weight is 745 g/mol. The third-order valence-electron chi connectivity index (χ3n) is 10.0. The minimum Gasteiger partial charge on any atom is -0.391 e. The van der Waals surface area contributed by atoms with E-state index in [1.54, 1.807) is 6.20 Å². The van der Waals surface area contributed by atoms with Gasteiger partial charge in [-0.05, 0) is 69.2 Å². The minimum absolute atomic E-state index is 0.0361. The molecule has 5 rings (SSSR count). The van der Waals surface area contributed by atoms with Gasteiger partial charge >= 0.3 is 0 Å². The first kappa shape index (κ1) is 39.9. The second-order valence-electron chi connectivity index (χ2n) is 14.1. The van der Waals surface area contributed by atoms with Crippen molar-refractivity contribution in [1.82, 2.24) is 36.5 Å². The Labute approximate surface area is 314 Å². The molecule has 15 heteroatoms. The van der Waals surface area contributed by atoms with Crippen LogP contribution >= 0.6 is 0 Å². The van der Waals surface area contributed by atoms with Crippen LogP contribution in [0.5, 0.6) is 0 Å². The first-order chi connectivity index (χ1) is 26.0. The number of aliphatic hydroxyl groups excluding tert-OH is 1. The van der Waals surface area contributed by atoms with Gasteiger partial charge < -0.3 is 47.3 Å². The minimum atomic E-state index is -1.35. The molecular weight excluding hydrogens is 692 g/mol. The Morgan fingerprint density at radius 1 is 0.778 bits per heavy atom. The maximum Gasteiger partial charge on any atom is 0.245 e. The van der Waals surface area contributed by atoms with E-state index in [-0.39, 0.29) is 44.6 Å². The van der Waals surface area contributed by atoms with Crippen LogP contribution in [0.2, 0.25) is 0 Å². The zero-order valence-electron chi connectivity index (χ0n) is 30.6. The predicted molar refractivity (Wildman–Crippen MR) is 201 cm³/mol. The molecule has 1 aromatic heterocycles. The monoisotopic (exact) mass is 744 g/mol. The van der Waals surface area contributed by atoms with Crippen molar-refractivity contribution in [2.75, 3.05) is 19.6 Å². The molecule has 9 N–H and O–H groups in total. The number of amides is 6. The molecule has 2 fully saturated rings. The molecule has 2 aliphatic heterocycles. The van der Waals surface area contributed by atoms with Crippen molar-refractivity contribution in [1.29, 1.82) is 0 Å². The van der Waals surface area contributed by atoms with Gasteiger partial charge in [-0.2, -0.15) is 0 Å². The number of nitrogens with zero attached hydrogens (tertiary/aromatic N) is 1. The molecule has 290 valence electrons. The highest BCUT2D eigenvalue weighted by Gasteiger charge is 2.37. The third kappa shape index (κ3) is 10.4. The van der Waals surface area contributed by atoms with Crippen molar-refractivity contribution in [3.8, 4) is 0 Å². The number of benzene rings is 2. The van der Waals surface area contributed by atoms with Crippen molar-refractivity contribution in [3.05, 3.63) is 71.9 Å². The van der Waals surface area contributed by atoms with Crippen molar-refractivity contribution in [3.63, 3.8) is 0 Å². The van der Waals surface area contributed by atoms with Gasteiger partial charge in [-0.3, -0.25) is 28.8 Å². The number of aromatic nitrogens is 1. The maximum atomic E-state index is 14.3.